The van der Waals surface area contributed by atoms with E-state index in [2.05, 4.69) is 10.3 Å². The maximum atomic E-state index is 11.9. The number of hydrogen-bond acceptors (Lipinski definition) is 5. The highest BCUT2D eigenvalue weighted by molar-refractivity contribution is 8.18. The first kappa shape index (κ1) is 14.6. The number of amidine groups is 1. The van der Waals surface area contributed by atoms with Gasteiger partial charge in [-0.15, -0.1) is 11.3 Å². The van der Waals surface area contributed by atoms with Gasteiger partial charge in [-0.3, -0.25) is 4.79 Å². The second-order valence-electron chi connectivity index (χ2n) is 4.35. The summed E-state index contributed by atoms with van der Waals surface area (Å²) in [7, 11) is 0. The van der Waals surface area contributed by atoms with Crippen LogP contribution in [0.5, 0.6) is 0 Å². The fourth-order valence-corrected chi connectivity index (χ4v) is 3.37. The molecule has 2 N–H and O–H groups in total. The van der Waals surface area contributed by atoms with E-state index in [0.29, 0.717) is 15.8 Å². The lowest BCUT2D eigenvalue weighted by atomic mass is 10.2. The number of aromatic carboxylic acids is 1. The van der Waals surface area contributed by atoms with Crippen LogP contribution in [0.15, 0.2) is 51.7 Å². The Morgan fingerprint density at radius 3 is 2.86 bits per heavy atom. The molecule has 0 aliphatic carbocycles. The van der Waals surface area contributed by atoms with Gasteiger partial charge in [0, 0.05) is 4.88 Å². The topological polar surface area (TPSA) is 78.8 Å². The Labute approximate surface area is 134 Å². The van der Waals surface area contributed by atoms with Crippen LogP contribution in [0.2, 0.25) is 0 Å². The molecule has 110 valence electrons. The van der Waals surface area contributed by atoms with Gasteiger partial charge in [0.15, 0.2) is 5.17 Å². The number of nitrogens with zero attached hydrogens (tertiary/aromatic N) is 1. The van der Waals surface area contributed by atoms with E-state index in [4.69, 9.17) is 5.11 Å². The van der Waals surface area contributed by atoms with Crippen molar-refractivity contribution in [2.75, 3.05) is 0 Å². The molecule has 1 amide bonds. The summed E-state index contributed by atoms with van der Waals surface area (Å²) in [6.45, 7) is 0. The minimum Gasteiger partial charge on any atom is -0.478 e. The Bertz CT molecular complexity index is 795. The van der Waals surface area contributed by atoms with Gasteiger partial charge in [-0.25, -0.2) is 9.79 Å². The van der Waals surface area contributed by atoms with Crippen LogP contribution in [0.4, 0.5) is 5.69 Å². The molecule has 0 atom stereocenters. The van der Waals surface area contributed by atoms with Gasteiger partial charge in [0.1, 0.15) is 0 Å². The molecule has 1 fully saturated rings. The van der Waals surface area contributed by atoms with E-state index in [1.807, 2.05) is 17.5 Å². The normalized spacial score (nSPS) is 17.9. The van der Waals surface area contributed by atoms with Gasteiger partial charge in [0.25, 0.3) is 5.91 Å². The van der Waals surface area contributed by atoms with Gasteiger partial charge in [-0.1, -0.05) is 12.1 Å². The minimum absolute atomic E-state index is 0.158. The Balaban J connectivity index is 1.83. The highest BCUT2D eigenvalue weighted by Gasteiger charge is 2.23. The first-order valence-electron chi connectivity index (χ1n) is 6.28. The Morgan fingerprint density at radius 2 is 2.14 bits per heavy atom. The van der Waals surface area contributed by atoms with Gasteiger partial charge >= 0.3 is 5.97 Å². The summed E-state index contributed by atoms with van der Waals surface area (Å²) < 4.78 is 0. The maximum Gasteiger partial charge on any atom is 0.335 e. The maximum absolute atomic E-state index is 11.9. The predicted molar refractivity (Wildman–Crippen MR) is 88.5 cm³/mol. The van der Waals surface area contributed by atoms with Crippen LogP contribution in [-0.4, -0.2) is 22.2 Å². The van der Waals surface area contributed by atoms with Crippen LogP contribution in [0, 0.1) is 0 Å². The molecular weight excluding hydrogens is 320 g/mol. The molecule has 22 heavy (non-hydrogen) atoms. The van der Waals surface area contributed by atoms with E-state index in [9.17, 15) is 9.59 Å². The Kier molecular flexibility index (Phi) is 4.08. The number of carboxylic acids is 1. The summed E-state index contributed by atoms with van der Waals surface area (Å²) in [5.74, 6) is -1.21. The zero-order chi connectivity index (χ0) is 15.5. The first-order valence-corrected chi connectivity index (χ1v) is 7.98. The van der Waals surface area contributed by atoms with Crippen LogP contribution < -0.4 is 5.32 Å². The second kappa shape index (κ2) is 6.17. The highest BCUT2D eigenvalue weighted by atomic mass is 32.2. The number of thioether (sulfide) groups is 1. The van der Waals surface area contributed by atoms with E-state index in [1.54, 1.807) is 29.5 Å². The number of rotatable bonds is 3. The van der Waals surface area contributed by atoms with Crippen molar-refractivity contribution in [1.82, 2.24) is 5.32 Å². The molecule has 1 saturated heterocycles. The van der Waals surface area contributed by atoms with Crippen molar-refractivity contribution in [3.8, 4) is 0 Å². The van der Waals surface area contributed by atoms with E-state index < -0.39 is 5.97 Å². The number of hydrogen-bond donors (Lipinski definition) is 2. The number of carbonyl (C=O) groups is 2. The van der Waals surface area contributed by atoms with Crippen molar-refractivity contribution < 1.29 is 14.7 Å². The predicted octanol–water partition coefficient (Wildman–Crippen LogP) is 3.34. The Hall–Kier alpha value is -2.38. The number of aliphatic imine (C=N–C) groups is 1. The molecule has 0 radical (unpaired) electrons. The van der Waals surface area contributed by atoms with E-state index in [1.165, 1.54) is 23.9 Å². The molecular formula is C15H10N2O3S2. The van der Waals surface area contributed by atoms with Crippen molar-refractivity contribution in [3.63, 3.8) is 0 Å². The molecule has 7 heteroatoms. The average Bonchev–Trinajstić information content (AvgIpc) is 3.10. The third-order valence-corrected chi connectivity index (χ3v) is 4.52. The van der Waals surface area contributed by atoms with Crippen molar-refractivity contribution in [2.45, 2.75) is 0 Å². The summed E-state index contributed by atoms with van der Waals surface area (Å²) in [4.78, 5) is 28.7. The number of thiophene rings is 1. The molecule has 0 bridgehead atoms. The Morgan fingerprint density at radius 1 is 1.27 bits per heavy atom. The molecule has 3 rings (SSSR count). The average molecular weight is 330 g/mol. The molecule has 1 aromatic carbocycles. The standard InChI is InChI=1S/C15H10N2O3S2/c18-13-12(8-11-5-2-6-21-11)22-15(17-13)16-10-4-1-3-9(7-10)14(19)20/h1-8H,(H,19,20)(H,16,17,18)/b12-8+. The number of carbonyl (C=O) groups excluding carboxylic acids is 1. The summed E-state index contributed by atoms with van der Waals surface area (Å²) in [6, 6.07) is 10.1. The third kappa shape index (κ3) is 3.26. The lowest BCUT2D eigenvalue weighted by molar-refractivity contribution is -0.115. The number of amides is 1. The summed E-state index contributed by atoms with van der Waals surface area (Å²) in [6.07, 6.45) is 1.81. The number of nitrogens with one attached hydrogen (secondary N) is 1. The summed E-state index contributed by atoms with van der Waals surface area (Å²) in [5, 5.41) is 14.0. The molecule has 5 nitrogen and oxygen atoms in total. The number of carboxylic acid groups (broad SMARTS) is 1. The highest BCUT2D eigenvalue weighted by Crippen LogP contribution is 2.29. The van der Waals surface area contributed by atoms with Gasteiger partial charge in [-0.05, 0) is 47.5 Å². The van der Waals surface area contributed by atoms with Crippen LogP contribution in [0.3, 0.4) is 0 Å². The zero-order valence-corrected chi connectivity index (χ0v) is 12.8. The summed E-state index contributed by atoms with van der Waals surface area (Å²) >= 11 is 2.78. The van der Waals surface area contributed by atoms with Crippen molar-refractivity contribution >= 4 is 51.9 Å². The fraction of sp³-hybridized carbons (Fsp3) is 0. The molecule has 2 aromatic rings. The molecule has 0 spiro atoms. The van der Waals surface area contributed by atoms with E-state index in [-0.39, 0.29) is 11.5 Å². The largest absolute Gasteiger partial charge is 0.478 e. The van der Waals surface area contributed by atoms with Crippen molar-refractivity contribution in [2.24, 2.45) is 4.99 Å². The van der Waals surface area contributed by atoms with Gasteiger partial charge in [0.2, 0.25) is 0 Å². The minimum atomic E-state index is -1.01. The molecule has 1 aromatic heterocycles. The van der Waals surface area contributed by atoms with Crippen LogP contribution in [0.1, 0.15) is 15.2 Å². The first-order chi connectivity index (χ1) is 10.6. The fourth-order valence-electron chi connectivity index (χ4n) is 1.81. The monoisotopic (exact) mass is 330 g/mol. The zero-order valence-electron chi connectivity index (χ0n) is 11.1. The molecule has 2 heterocycles. The van der Waals surface area contributed by atoms with Crippen LogP contribution in [0.25, 0.3) is 6.08 Å². The SMILES string of the molecule is O=C1NC(=Nc2cccc(C(=O)O)c2)S/C1=C/c1cccs1. The third-order valence-electron chi connectivity index (χ3n) is 2.79. The molecule has 1 aliphatic heterocycles. The second-order valence-corrected chi connectivity index (χ2v) is 6.36. The molecule has 1 aliphatic rings. The van der Waals surface area contributed by atoms with Gasteiger partial charge in [0.05, 0.1) is 16.2 Å². The van der Waals surface area contributed by atoms with Gasteiger partial charge in [-0.2, -0.15) is 0 Å². The summed E-state index contributed by atoms with van der Waals surface area (Å²) in [5.41, 5.74) is 0.644. The van der Waals surface area contributed by atoms with Gasteiger partial charge < -0.3 is 10.4 Å². The van der Waals surface area contributed by atoms with E-state index in [0.717, 1.165) is 4.88 Å². The van der Waals surface area contributed by atoms with Crippen molar-refractivity contribution in [1.29, 1.82) is 0 Å². The van der Waals surface area contributed by atoms with Crippen LogP contribution >= 0.6 is 23.1 Å². The smallest absolute Gasteiger partial charge is 0.335 e. The lowest BCUT2D eigenvalue weighted by Gasteiger charge is -1.98. The van der Waals surface area contributed by atoms with Crippen molar-refractivity contribution in [3.05, 3.63) is 57.1 Å². The van der Waals surface area contributed by atoms with Crippen LogP contribution in [-0.2, 0) is 4.79 Å². The lowest BCUT2D eigenvalue weighted by Crippen LogP contribution is -2.19. The molecule has 0 saturated carbocycles. The number of benzene rings is 1. The molecule has 0 unspecified atom stereocenters. The van der Waals surface area contributed by atoms with E-state index >= 15 is 0 Å². The quantitative estimate of drug-likeness (QED) is 0.846.